The number of ether oxygens (including phenoxy) is 1. The molecule has 0 saturated heterocycles. The van der Waals surface area contributed by atoms with Crippen molar-refractivity contribution >= 4 is 5.69 Å². The number of azo groups is 1. The third-order valence-corrected chi connectivity index (χ3v) is 3.59. The van der Waals surface area contributed by atoms with Crippen molar-refractivity contribution in [2.45, 2.75) is 6.42 Å². The van der Waals surface area contributed by atoms with Crippen LogP contribution in [-0.2, 0) is 6.42 Å². The summed E-state index contributed by atoms with van der Waals surface area (Å²) < 4.78 is 5.16. The Morgan fingerprint density at radius 3 is 2.29 bits per heavy atom. The maximum Gasteiger partial charge on any atom is 0.142 e. The van der Waals surface area contributed by atoms with Crippen LogP contribution in [0.2, 0.25) is 0 Å². The molecule has 1 aromatic heterocycles. The van der Waals surface area contributed by atoms with Gasteiger partial charge in [0, 0.05) is 18.8 Å². The van der Waals surface area contributed by atoms with E-state index in [1.165, 1.54) is 0 Å². The van der Waals surface area contributed by atoms with Crippen LogP contribution in [-0.4, -0.2) is 12.1 Å². The average Bonchev–Trinajstić information content (AvgIpc) is 2.67. The van der Waals surface area contributed by atoms with Crippen molar-refractivity contribution in [2.75, 3.05) is 7.11 Å². The molecule has 0 amide bonds. The van der Waals surface area contributed by atoms with Crippen molar-refractivity contribution in [1.29, 1.82) is 0 Å². The third kappa shape index (κ3) is 4.26. The van der Waals surface area contributed by atoms with Crippen molar-refractivity contribution in [3.63, 3.8) is 0 Å². The topological polar surface area (TPSA) is 46.8 Å². The molecule has 0 bridgehead atoms. The first kappa shape index (κ1) is 15.9. The number of rotatable bonds is 6. The molecule has 0 aliphatic carbocycles. The highest BCUT2D eigenvalue weighted by molar-refractivity contribution is 5.41. The van der Waals surface area contributed by atoms with Gasteiger partial charge in [0.05, 0.1) is 12.8 Å². The van der Waals surface area contributed by atoms with Gasteiger partial charge in [-0.25, -0.2) is 0 Å². The molecule has 0 unspecified atom stereocenters. The normalized spacial score (nSPS) is 11.1. The van der Waals surface area contributed by atoms with Crippen LogP contribution in [0.25, 0.3) is 0 Å². The molecule has 1 heterocycles. The lowest BCUT2D eigenvalue weighted by Crippen LogP contribution is -2.00. The van der Waals surface area contributed by atoms with Crippen LogP contribution in [0.4, 0.5) is 5.69 Å². The molecule has 3 rings (SSSR count). The quantitative estimate of drug-likeness (QED) is 0.601. The standard InChI is InChI=1S/C20H18N3O/c1-24-19-9-7-18(8-10-19)22-23-20(17-5-3-2-4-6-17)15-16-11-13-21-14-12-16/h2-14H,15H2,1H3. The number of benzene rings is 2. The van der Waals surface area contributed by atoms with Crippen molar-refractivity contribution in [3.8, 4) is 5.75 Å². The highest BCUT2D eigenvalue weighted by Gasteiger charge is 2.12. The monoisotopic (exact) mass is 316 g/mol. The Labute approximate surface area is 141 Å². The fraction of sp³-hybridized carbons (Fsp3) is 0.100. The van der Waals surface area contributed by atoms with Gasteiger partial charge in [-0.15, -0.1) is 0 Å². The Balaban J connectivity index is 1.82. The Morgan fingerprint density at radius 1 is 0.917 bits per heavy atom. The second-order valence-electron chi connectivity index (χ2n) is 5.24. The number of methoxy groups -OCH3 is 1. The molecule has 1 radical (unpaired) electrons. The minimum atomic E-state index is 0.701. The minimum Gasteiger partial charge on any atom is -0.497 e. The number of hydrogen-bond donors (Lipinski definition) is 0. The van der Waals surface area contributed by atoms with Crippen LogP contribution in [0, 0.1) is 6.04 Å². The third-order valence-electron chi connectivity index (χ3n) is 3.59. The van der Waals surface area contributed by atoms with Gasteiger partial charge in [0.25, 0.3) is 0 Å². The molecule has 4 nitrogen and oxygen atoms in total. The van der Waals surface area contributed by atoms with Crippen LogP contribution in [0.1, 0.15) is 11.1 Å². The van der Waals surface area contributed by atoms with E-state index in [4.69, 9.17) is 4.74 Å². The molecule has 24 heavy (non-hydrogen) atoms. The summed E-state index contributed by atoms with van der Waals surface area (Å²) in [6.07, 6.45) is 4.28. The van der Waals surface area contributed by atoms with E-state index in [1.54, 1.807) is 19.5 Å². The predicted molar refractivity (Wildman–Crippen MR) is 94.2 cm³/mol. The van der Waals surface area contributed by atoms with Gasteiger partial charge in [-0.3, -0.25) is 4.98 Å². The SMILES string of the molecule is COc1ccc(N=N[C](Cc2ccncc2)c2ccccc2)cc1. The maximum atomic E-state index is 5.16. The fourth-order valence-corrected chi connectivity index (χ4v) is 2.29. The van der Waals surface area contributed by atoms with Crippen LogP contribution >= 0.6 is 0 Å². The molecular weight excluding hydrogens is 298 g/mol. The number of aromatic nitrogens is 1. The van der Waals surface area contributed by atoms with Crippen LogP contribution in [0.15, 0.2) is 89.4 Å². The number of nitrogens with zero attached hydrogens (tertiary/aromatic N) is 3. The van der Waals surface area contributed by atoms with E-state index < -0.39 is 0 Å². The summed E-state index contributed by atoms with van der Waals surface area (Å²) in [7, 11) is 1.65. The molecule has 0 saturated carbocycles. The lowest BCUT2D eigenvalue weighted by molar-refractivity contribution is 0.415. The van der Waals surface area contributed by atoms with Gasteiger partial charge in [-0.1, -0.05) is 30.3 Å². The average molecular weight is 316 g/mol. The van der Waals surface area contributed by atoms with E-state index in [0.717, 1.165) is 28.6 Å². The van der Waals surface area contributed by atoms with Crippen molar-refractivity contribution in [1.82, 2.24) is 4.98 Å². The van der Waals surface area contributed by atoms with E-state index in [-0.39, 0.29) is 0 Å². The van der Waals surface area contributed by atoms with Gasteiger partial charge in [0.15, 0.2) is 0 Å². The molecule has 0 aliphatic heterocycles. The summed E-state index contributed by atoms with van der Waals surface area (Å²) in [5, 5.41) is 8.87. The van der Waals surface area contributed by atoms with Gasteiger partial charge in [0.1, 0.15) is 11.8 Å². The molecule has 0 spiro atoms. The lowest BCUT2D eigenvalue weighted by atomic mass is 10.0. The summed E-state index contributed by atoms with van der Waals surface area (Å²) in [6.45, 7) is 0. The first-order valence-corrected chi connectivity index (χ1v) is 7.71. The van der Waals surface area contributed by atoms with E-state index in [1.807, 2.05) is 66.7 Å². The Hall–Kier alpha value is -3.01. The highest BCUT2D eigenvalue weighted by Crippen LogP contribution is 2.25. The summed E-state index contributed by atoms with van der Waals surface area (Å²) in [5.74, 6) is 0.804. The zero-order valence-electron chi connectivity index (χ0n) is 13.5. The molecular formula is C20H18N3O. The van der Waals surface area contributed by atoms with Crippen LogP contribution < -0.4 is 4.74 Å². The van der Waals surface area contributed by atoms with Gasteiger partial charge in [-0.2, -0.15) is 10.2 Å². The maximum absolute atomic E-state index is 5.16. The largest absolute Gasteiger partial charge is 0.497 e. The zero-order chi connectivity index (χ0) is 16.6. The fourth-order valence-electron chi connectivity index (χ4n) is 2.29. The Morgan fingerprint density at radius 2 is 1.62 bits per heavy atom. The van der Waals surface area contributed by atoms with E-state index in [0.29, 0.717) is 6.42 Å². The molecule has 119 valence electrons. The first-order valence-electron chi connectivity index (χ1n) is 7.71. The predicted octanol–water partition coefficient (Wildman–Crippen LogP) is 5.00. The van der Waals surface area contributed by atoms with E-state index >= 15 is 0 Å². The second kappa shape index (κ2) is 8.02. The molecule has 0 fully saturated rings. The summed E-state index contributed by atoms with van der Waals surface area (Å²) in [4.78, 5) is 4.06. The van der Waals surface area contributed by atoms with Crippen molar-refractivity contribution in [3.05, 3.63) is 96.3 Å². The molecule has 2 aromatic carbocycles. The van der Waals surface area contributed by atoms with Gasteiger partial charge in [-0.05, 0) is 47.5 Å². The molecule has 0 atom stereocenters. The van der Waals surface area contributed by atoms with Gasteiger partial charge >= 0.3 is 0 Å². The Kier molecular flexibility index (Phi) is 5.30. The van der Waals surface area contributed by atoms with Crippen LogP contribution in [0.3, 0.4) is 0 Å². The van der Waals surface area contributed by atoms with Gasteiger partial charge in [0.2, 0.25) is 0 Å². The molecule has 3 aromatic rings. The van der Waals surface area contributed by atoms with E-state index in [9.17, 15) is 0 Å². The summed E-state index contributed by atoms with van der Waals surface area (Å²) in [6, 6.07) is 22.5. The van der Waals surface area contributed by atoms with Crippen molar-refractivity contribution in [2.24, 2.45) is 10.2 Å². The molecule has 4 heteroatoms. The van der Waals surface area contributed by atoms with Crippen LogP contribution in [0.5, 0.6) is 5.75 Å². The van der Waals surface area contributed by atoms with E-state index in [2.05, 4.69) is 15.2 Å². The zero-order valence-corrected chi connectivity index (χ0v) is 13.5. The lowest BCUT2D eigenvalue weighted by Gasteiger charge is -2.10. The smallest absolute Gasteiger partial charge is 0.142 e. The number of pyridine rings is 1. The highest BCUT2D eigenvalue weighted by atomic mass is 16.5. The van der Waals surface area contributed by atoms with Crippen molar-refractivity contribution < 1.29 is 4.74 Å². The Bertz CT molecular complexity index is 771. The first-order chi connectivity index (χ1) is 11.8. The molecule has 0 N–H and O–H groups in total. The second-order valence-corrected chi connectivity index (χ2v) is 5.24. The summed E-state index contributed by atoms with van der Waals surface area (Å²) in [5.41, 5.74) is 3.00. The van der Waals surface area contributed by atoms with Gasteiger partial charge < -0.3 is 4.74 Å². The molecule has 0 aliphatic rings. The summed E-state index contributed by atoms with van der Waals surface area (Å²) >= 11 is 0. The minimum absolute atomic E-state index is 0.701. The number of hydrogen-bond acceptors (Lipinski definition) is 4.